The Balaban J connectivity index is 2.24. The highest BCUT2D eigenvalue weighted by Gasteiger charge is 2.35. The molecule has 0 radical (unpaired) electrons. The summed E-state index contributed by atoms with van der Waals surface area (Å²) < 4.78 is 26.1. The number of phosphoric ester groups is 1. The molecule has 22 heteroatoms. The van der Waals surface area contributed by atoms with Crippen LogP contribution in [0, 0.1) is 5.92 Å². The monoisotopic (exact) mass is 812 g/mol. The SMILES string of the molecule is COCCOCCC(=O)N(CC(=O)N[C@@H](CC(C)C)C(=O)N[C@@H](Cc1cnc[nH]1)C(=O)N[C@@H](CO)C(=O)N[C@H](C(N)=O)[C@@H](C)OP(=O)(O)O)Cc1ccccc1. The number of aliphatic hydroxyl groups is 1. The number of phosphoric acid groups is 1. The third-order valence-electron chi connectivity index (χ3n) is 7.96. The molecule has 6 amide bonds. The molecule has 1 heterocycles. The van der Waals surface area contributed by atoms with Gasteiger partial charge in [-0.25, -0.2) is 9.55 Å². The molecule has 0 saturated carbocycles. The molecule has 2 rings (SSSR count). The average molecular weight is 813 g/mol. The Hall–Kier alpha value is -4.76. The zero-order valence-electron chi connectivity index (χ0n) is 31.7. The standard InChI is InChI=1S/C34H53N8O13P/c1-21(2)14-25(38-28(44)18-42(17-23-8-6-5-7-9-23)29(45)10-11-54-13-12-53-4)32(47)39-26(15-24-16-36-20-37-24)33(48)40-27(19-43)34(49)41-30(31(35)46)22(3)55-56(50,51)52/h5-9,16,20-22,25-27,30,43H,10-15,17-19H2,1-4H3,(H2,35,46)(H,36,37)(H,38,44)(H,39,47)(H,40,48)(H,41,49)(H2,50,51,52)/t22-,25+,26+,27+,30+/m1/s1. The fraction of sp³-hybridized carbons (Fsp3) is 0.559. The van der Waals surface area contributed by atoms with E-state index < -0.39 is 80.8 Å². The zero-order chi connectivity index (χ0) is 41.8. The summed E-state index contributed by atoms with van der Waals surface area (Å²) in [5, 5.41) is 19.6. The van der Waals surface area contributed by atoms with Crippen LogP contribution < -0.4 is 27.0 Å². The van der Waals surface area contributed by atoms with Gasteiger partial charge in [-0.1, -0.05) is 44.2 Å². The molecular formula is C34H53N8O13P. The molecule has 0 spiro atoms. The Bertz CT molecular complexity index is 1610. The van der Waals surface area contributed by atoms with Crippen molar-refractivity contribution < 1.29 is 62.2 Å². The van der Waals surface area contributed by atoms with Crippen LogP contribution >= 0.6 is 7.82 Å². The summed E-state index contributed by atoms with van der Waals surface area (Å²) >= 11 is 0. The van der Waals surface area contributed by atoms with Crippen LogP contribution in [0.2, 0.25) is 0 Å². The minimum Gasteiger partial charge on any atom is -0.394 e. The largest absolute Gasteiger partial charge is 0.469 e. The fourth-order valence-corrected chi connectivity index (χ4v) is 5.78. The van der Waals surface area contributed by atoms with Gasteiger partial charge in [-0.15, -0.1) is 0 Å². The van der Waals surface area contributed by atoms with Gasteiger partial charge in [0.2, 0.25) is 35.4 Å². The summed E-state index contributed by atoms with van der Waals surface area (Å²) in [5.41, 5.74) is 6.43. The van der Waals surface area contributed by atoms with E-state index in [1.807, 2.05) is 19.9 Å². The maximum absolute atomic E-state index is 13.8. The van der Waals surface area contributed by atoms with Gasteiger partial charge in [0, 0.05) is 32.0 Å². The van der Waals surface area contributed by atoms with Crippen LogP contribution in [0.25, 0.3) is 0 Å². The summed E-state index contributed by atoms with van der Waals surface area (Å²) in [6, 6.07) is 2.88. The minimum absolute atomic E-state index is 0.0135. The van der Waals surface area contributed by atoms with E-state index in [0.717, 1.165) is 12.5 Å². The number of aromatic nitrogens is 2. The number of H-pyrrole nitrogens is 1. The second-order valence-corrected chi connectivity index (χ2v) is 14.3. The number of nitrogens with zero attached hydrogens (tertiary/aromatic N) is 2. The van der Waals surface area contributed by atoms with Gasteiger partial charge >= 0.3 is 7.82 Å². The van der Waals surface area contributed by atoms with Crippen molar-refractivity contribution in [2.45, 2.75) is 76.8 Å². The number of nitrogens with two attached hydrogens (primary N) is 1. The van der Waals surface area contributed by atoms with Crippen LogP contribution in [0.5, 0.6) is 0 Å². The third kappa shape index (κ3) is 17.8. The summed E-state index contributed by atoms with van der Waals surface area (Å²) in [6.45, 7) is 4.11. The Morgan fingerprint density at radius 2 is 1.55 bits per heavy atom. The van der Waals surface area contributed by atoms with Crippen molar-refractivity contribution in [1.29, 1.82) is 0 Å². The number of rotatable bonds is 26. The van der Waals surface area contributed by atoms with Crippen molar-refractivity contribution in [2.75, 3.05) is 40.1 Å². The maximum Gasteiger partial charge on any atom is 0.469 e. The van der Waals surface area contributed by atoms with E-state index in [1.54, 1.807) is 24.3 Å². The molecule has 0 aliphatic carbocycles. The molecule has 0 bridgehead atoms. The molecule has 1 aromatic heterocycles. The number of hydrogen-bond donors (Lipinski definition) is 9. The number of hydrogen-bond acceptors (Lipinski definition) is 12. The topological polar surface area (TPSA) is 314 Å². The first-order valence-electron chi connectivity index (χ1n) is 17.6. The molecule has 5 atom stereocenters. The van der Waals surface area contributed by atoms with Gasteiger partial charge in [-0.2, -0.15) is 0 Å². The normalized spacial score (nSPS) is 14.1. The molecule has 312 valence electrons. The number of aliphatic hydroxyl groups excluding tert-OH is 1. The first kappa shape index (κ1) is 47.4. The van der Waals surface area contributed by atoms with Crippen molar-refractivity contribution >= 4 is 43.3 Å². The smallest absolute Gasteiger partial charge is 0.394 e. The van der Waals surface area contributed by atoms with Crippen LogP contribution in [0.4, 0.5) is 0 Å². The van der Waals surface area contributed by atoms with E-state index in [-0.39, 0.29) is 50.8 Å². The lowest BCUT2D eigenvalue weighted by Gasteiger charge is -2.28. The van der Waals surface area contributed by atoms with Crippen molar-refractivity contribution in [1.82, 2.24) is 36.1 Å². The molecular weight excluding hydrogens is 759 g/mol. The van der Waals surface area contributed by atoms with Crippen molar-refractivity contribution in [2.24, 2.45) is 11.7 Å². The molecule has 0 aliphatic heterocycles. The quantitative estimate of drug-likeness (QED) is 0.0367. The highest BCUT2D eigenvalue weighted by molar-refractivity contribution is 7.46. The van der Waals surface area contributed by atoms with Gasteiger partial charge in [0.05, 0.1) is 51.8 Å². The first-order chi connectivity index (χ1) is 26.4. The molecule has 0 unspecified atom stereocenters. The van der Waals surface area contributed by atoms with Gasteiger partial charge in [-0.05, 0) is 24.8 Å². The molecule has 10 N–H and O–H groups in total. The number of benzene rings is 1. The molecule has 0 fully saturated rings. The maximum atomic E-state index is 13.8. The van der Waals surface area contributed by atoms with Crippen LogP contribution in [0.3, 0.4) is 0 Å². The van der Waals surface area contributed by atoms with E-state index in [2.05, 4.69) is 35.8 Å². The predicted octanol–water partition coefficient (Wildman–Crippen LogP) is -2.01. The number of methoxy groups -OCH3 is 1. The minimum atomic E-state index is -5.11. The number of carbonyl (C=O) groups excluding carboxylic acids is 6. The van der Waals surface area contributed by atoms with E-state index in [0.29, 0.717) is 12.3 Å². The summed E-state index contributed by atoms with van der Waals surface area (Å²) in [4.78, 5) is 105. The fourth-order valence-electron chi connectivity index (χ4n) is 5.23. The number of amides is 6. The Kier molecular flexibility index (Phi) is 20.3. The number of carbonyl (C=O) groups is 6. The average Bonchev–Trinajstić information content (AvgIpc) is 3.64. The van der Waals surface area contributed by atoms with Gasteiger partial charge in [0.1, 0.15) is 24.2 Å². The Labute approximate surface area is 324 Å². The second-order valence-electron chi connectivity index (χ2n) is 13.1. The Morgan fingerprint density at radius 3 is 2.12 bits per heavy atom. The van der Waals surface area contributed by atoms with Gasteiger partial charge in [-0.3, -0.25) is 33.3 Å². The molecule has 1 aromatic carbocycles. The number of ether oxygens (including phenoxy) is 2. The molecule has 0 saturated heterocycles. The summed E-state index contributed by atoms with van der Waals surface area (Å²) in [7, 11) is -3.58. The van der Waals surface area contributed by atoms with Gasteiger partial charge in [0.15, 0.2) is 0 Å². The van der Waals surface area contributed by atoms with Crippen LogP contribution in [-0.4, -0.2) is 136 Å². The lowest BCUT2D eigenvalue weighted by atomic mass is 10.0. The second kappa shape index (κ2) is 24.0. The summed E-state index contributed by atoms with van der Waals surface area (Å²) in [6.07, 6.45) is 1.02. The zero-order valence-corrected chi connectivity index (χ0v) is 32.6. The lowest BCUT2D eigenvalue weighted by molar-refractivity contribution is -0.139. The molecule has 56 heavy (non-hydrogen) atoms. The summed E-state index contributed by atoms with van der Waals surface area (Å²) in [5.74, 6) is -5.29. The van der Waals surface area contributed by atoms with E-state index in [4.69, 9.17) is 25.0 Å². The van der Waals surface area contributed by atoms with Crippen LogP contribution in [-0.2, 0) is 60.3 Å². The lowest BCUT2D eigenvalue weighted by Crippen LogP contribution is -2.60. The molecule has 2 aromatic rings. The van der Waals surface area contributed by atoms with Crippen LogP contribution in [0.15, 0.2) is 42.9 Å². The van der Waals surface area contributed by atoms with Crippen molar-refractivity contribution in [3.8, 4) is 0 Å². The van der Waals surface area contributed by atoms with Crippen LogP contribution in [0.1, 0.15) is 44.9 Å². The third-order valence-corrected chi connectivity index (χ3v) is 8.57. The van der Waals surface area contributed by atoms with Gasteiger partial charge < -0.3 is 61.3 Å². The highest BCUT2D eigenvalue weighted by atomic mass is 31.2. The molecule has 21 nitrogen and oxygen atoms in total. The van der Waals surface area contributed by atoms with E-state index in [9.17, 15) is 38.4 Å². The first-order valence-corrected chi connectivity index (χ1v) is 19.2. The Morgan fingerprint density at radius 1 is 0.911 bits per heavy atom. The van der Waals surface area contributed by atoms with E-state index in [1.165, 1.54) is 24.5 Å². The number of primary amides is 1. The number of imidazole rings is 1. The van der Waals surface area contributed by atoms with Crippen molar-refractivity contribution in [3.05, 3.63) is 54.1 Å². The highest BCUT2D eigenvalue weighted by Crippen LogP contribution is 2.38. The van der Waals surface area contributed by atoms with Gasteiger partial charge in [0.25, 0.3) is 0 Å². The number of nitrogens with one attached hydrogen (secondary N) is 5. The number of aromatic amines is 1. The van der Waals surface area contributed by atoms with E-state index >= 15 is 0 Å². The molecule has 0 aliphatic rings. The predicted molar refractivity (Wildman–Crippen MR) is 198 cm³/mol. The van der Waals surface area contributed by atoms with Crippen molar-refractivity contribution in [3.63, 3.8) is 0 Å².